The van der Waals surface area contributed by atoms with Crippen molar-refractivity contribution in [3.63, 3.8) is 0 Å². The fraction of sp³-hybridized carbons (Fsp3) is 0.357. The molecule has 0 atom stereocenters. The molecule has 0 amide bonds. The molecule has 0 unspecified atom stereocenters. The molecular weight excluding hydrogens is 324 g/mol. The zero-order chi connectivity index (χ0) is 14.1. The van der Waals surface area contributed by atoms with Crippen molar-refractivity contribution in [3.8, 4) is 17.2 Å². The molecular formula is C14H15BrN2O3. The van der Waals surface area contributed by atoms with Crippen LogP contribution in [-0.2, 0) is 20.1 Å². The molecule has 0 radical (unpaired) electrons. The van der Waals surface area contributed by atoms with Gasteiger partial charge in [0, 0.05) is 13.1 Å². The minimum atomic E-state index is 0.270. The van der Waals surface area contributed by atoms with Crippen molar-refractivity contribution in [2.45, 2.75) is 20.0 Å². The highest BCUT2D eigenvalue weighted by atomic mass is 79.9. The van der Waals surface area contributed by atoms with E-state index in [2.05, 4.69) is 28.0 Å². The molecule has 0 N–H and O–H groups in total. The second-order valence-electron chi connectivity index (χ2n) is 4.49. The van der Waals surface area contributed by atoms with Crippen LogP contribution in [0.4, 0.5) is 0 Å². The van der Waals surface area contributed by atoms with E-state index in [1.165, 1.54) is 0 Å². The lowest BCUT2D eigenvalue weighted by molar-refractivity contribution is 0.173. The van der Waals surface area contributed by atoms with Gasteiger partial charge in [-0.2, -0.15) is 5.10 Å². The molecule has 0 bridgehead atoms. The van der Waals surface area contributed by atoms with E-state index < -0.39 is 0 Å². The van der Waals surface area contributed by atoms with Gasteiger partial charge in [0.2, 0.25) is 6.79 Å². The number of benzene rings is 1. The largest absolute Gasteiger partial charge is 0.487 e. The quantitative estimate of drug-likeness (QED) is 0.859. The molecule has 2 heterocycles. The molecule has 2 aromatic rings. The monoisotopic (exact) mass is 338 g/mol. The zero-order valence-corrected chi connectivity index (χ0v) is 12.9. The summed E-state index contributed by atoms with van der Waals surface area (Å²) in [6, 6.07) is 5.57. The lowest BCUT2D eigenvalue weighted by Crippen LogP contribution is -2.03. The van der Waals surface area contributed by atoms with E-state index in [1.54, 1.807) is 0 Å². The van der Waals surface area contributed by atoms with Gasteiger partial charge in [-0.1, -0.05) is 6.92 Å². The van der Waals surface area contributed by atoms with Gasteiger partial charge in [-0.05, 0) is 34.5 Å². The molecule has 0 spiro atoms. The summed E-state index contributed by atoms with van der Waals surface area (Å²) in [4.78, 5) is 0. The molecule has 3 rings (SSSR count). The van der Waals surface area contributed by atoms with Crippen LogP contribution in [0.25, 0.3) is 0 Å². The molecule has 1 aliphatic heterocycles. The van der Waals surface area contributed by atoms with Crippen LogP contribution in [0.1, 0.15) is 18.3 Å². The third-order valence-corrected chi connectivity index (χ3v) is 4.14. The van der Waals surface area contributed by atoms with Crippen molar-refractivity contribution in [2.75, 3.05) is 6.79 Å². The number of hydrogen-bond acceptors (Lipinski definition) is 4. The third kappa shape index (κ3) is 2.35. The second kappa shape index (κ2) is 5.36. The van der Waals surface area contributed by atoms with Crippen LogP contribution < -0.4 is 14.2 Å². The Kier molecular flexibility index (Phi) is 3.56. The smallest absolute Gasteiger partial charge is 0.231 e. The molecule has 0 aliphatic carbocycles. The van der Waals surface area contributed by atoms with Gasteiger partial charge >= 0.3 is 0 Å². The Morgan fingerprint density at radius 3 is 2.90 bits per heavy atom. The van der Waals surface area contributed by atoms with Crippen LogP contribution in [0.15, 0.2) is 22.7 Å². The molecule has 20 heavy (non-hydrogen) atoms. The summed E-state index contributed by atoms with van der Waals surface area (Å²) < 4.78 is 19.3. The van der Waals surface area contributed by atoms with E-state index in [-0.39, 0.29) is 6.79 Å². The summed E-state index contributed by atoms with van der Waals surface area (Å²) in [6.45, 7) is 2.80. The maximum absolute atomic E-state index is 5.81. The lowest BCUT2D eigenvalue weighted by atomic mass is 10.3. The summed E-state index contributed by atoms with van der Waals surface area (Å²) in [5, 5.41) is 4.44. The molecule has 0 fully saturated rings. The van der Waals surface area contributed by atoms with Crippen molar-refractivity contribution in [1.82, 2.24) is 9.78 Å². The average Bonchev–Trinajstić information content (AvgIpc) is 3.01. The first kappa shape index (κ1) is 13.3. The molecule has 106 valence electrons. The average molecular weight is 339 g/mol. The maximum atomic E-state index is 5.81. The lowest BCUT2D eigenvalue weighted by Gasteiger charge is -2.07. The van der Waals surface area contributed by atoms with Crippen LogP contribution in [0, 0.1) is 0 Å². The first-order valence-corrected chi connectivity index (χ1v) is 7.21. The van der Waals surface area contributed by atoms with E-state index in [4.69, 9.17) is 14.2 Å². The summed E-state index contributed by atoms with van der Waals surface area (Å²) >= 11 is 3.58. The number of rotatable bonds is 4. The van der Waals surface area contributed by atoms with Crippen molar-refractivity contribution in [1.29, 1.82) is 0 Å². The van der Waals surface area contributed by atoms with Crippen molar-refractivity contribution in [2.24, 2.45) is 7.05 Å². The van der Waals surface area contributed by atoms with Crippen LogP contribution in [-0.4, -0.2) is 16.6 Å². The fourth-order valence-electron chi connectivity index (χ4n) is 2.09. The Bertz CT molecular complexity index is 640. The number of nitrogens with zero attached hydrogens (tertiary/aromatic N) is 2. The minimum absolute atomic E-state index is 0.270. The van der Waals surface area contributed by atoms with Crippen molar-refractivity contribution < 1.29 is 14.2 Å². The van der Waals surface area contributed by atoms with Crippen LogP contribution in [0.3, 0.4) is 0 Å². The molecule has 1 aromatic carbocycles. The summed E-state index contributed by atoms with van der Waals surface area (Å²) in [5.41, 5.74) is 2.05. The number of aromatic nitrogens is 2. The van der Waals surface area contributed by atoms with Gasteiger partial charge in [-0.3, -0.25) is 4.68 Å². The zero-order valence-electron chi connectivity index (χ0n) is 11.4. The van der Waals surface area contributed by atoms with Gasteiger partial charge in [0.1, 0.15) is 12.4 Å². The van der Waals surface area contributed by atoms with E-state index in [0.29, 0.717) is 6.61 Å². The van der Waals surface area contributed by atoms with Gasteiger partial charge in [-0.25, -0.2) is 0 Å². The van der Waals surface area contributed by atoms with Crippen molar-refractivity contribution in [3.05, 3.63) is 34.1 Å². The first-order valence-electron chi connectivity index (χ1n) is 6.41. The van der Waals surface area contributed by atoms with Gasteiger partial charge < -0.3 is 14.2 Å². The van der Waals surface area contributed by atoms with E-state index in [0.717, 1.165) is 39.5 Å². The van der Waals surface area contributed by atoms with Gasteiger partial charge in [0.15, 0.2) is 11.5 Å². The maximum Gasteiger partial charge on any atom is 0.231 e. The number of halogens is 1. The Labute approximate surface area is 125 Å². The Morgan fingerprint density at radius 1 is 1.35 bits per heavy atom. The van der Waals surface area contributed by atoms with Gasteiger partial charge in [-0.15, -0.1) is 0 Å². The number of ether oxygens (including phenoxy) is 3. The van der Waals surface area contributed by atoms with Crippen molar-refractivity contribution >= 4 is 15.9 Å². The summed E-state index contributed by atoms with van der Waals surface area (Å²) in [7, 11) is 1.92. The van der Waals surface area contributed by atoms with Crippen LogP contribution >= 0.6 is 15.9 Å². The van der Waals surface area contributed by atoms with Gasteiger partial charge in [0.05, 0.1) is 15.9 Å². The van der Waals surface area contributed by atoms with Crippen LogP contribution in [0.5, 0.6) is 17.2 Å². The predicted octanol–water partition coefficient (Wildman–Crippen LogP) is 3.05. The van der Waals surface area contributed by atoms with Gasteiger partial charge in [0.25, 0.3) is 0 Å². The Balaban J connectivity index is 1.75. The molecule has 0 saturated carbocycles. The summed E-state index contributed by atoms with van der Waals surface area (Å²) in [5.74, 6) is 2.23. The molecule has 1 aliphatic rings. The summed E-state index contributed by atoms with van der Waals surface area (Å²) in [6.07, 6.45) is 0.887. The third-order valence-electron chi connectivity index (χ3n) is 3.22. The SMILES string of the molecule is CCc1nn(C)c(COc2ccc3c(c2)OCO3)c1Br. The normalized spacial score (nSPS) is 12.8. The molecule has 5 nitrogen and oxygen atoms in total. The standard InChI is InChI=1S/C14H15BrN2O3/c1-3-10-14(15)11(17(2)16-10)7-18-9-4-5-12-13(6-9)20-8-19-12/h4-6H,3,7-8H2,1-2H3. The minimum Gasteiger partial charge on any atom is -0.487 e. The number of hydrogen-bond donors (Lipinski definition) is 0. The fourth-order valence-corrected chi connectivity index (χ4v) is 2.83. The predicted molar refractivity (Wildman–Crippen MR) is 77.2 cm³/mol. The Hall–Kier alpha value is -1.69. The molecule has 0 saturated heterocycles. The second-order valence-corrected chi connectivity index (χ2v) is 5.28. The molecule has 6 heteroatoms. The van der Waals surface area contributed by atoms with E-state index in [9.17, 15) is 0 Å². The topological polar surface area (TPSA) is 45.5 Å². The molecule has 1 aromatic heterocycles. The highest BCUT2D eigenvalue weighted by Crippen LogP contribution is 2.35. The van der Waals surface area contributed by atoms with Crippen LogP contribution in [0.2, 0.25) is 0 Å². The highest BCUT2D eigenvalue weighted by Gasteiger charge is 2.16. The Morgan fingerprint density at radius 2 is 2.15 bits per heavy atom. The number of aryl methyl sites for hydroxylation is 2. The van der Waals surface area contributed by atoms with E-state index >= 15 is 0 Å². The highest BCUT2D eigenvalue weighted by molar-refractivity contribution is 9.10. The number of fused-ring (bicyclic) bond motifs is 1. The van der Waals surface area contributed by atoms with E-state index in [1.807, 2.05) is 29.9 Å². The first-order chi connectivity index (χ1) is 9.69.